The smallest absolute Gasteiger partial charge is 0.143 e. The molecule has 5 heterocycles. The predicted octanol–water partition coefficient (Wildman–Crippen LogP) is 21.7. The van der Waals surface area contributed by atoms with E-state index in [1.165, 1.54) is 27.6 Å². The maximum absolute atomic E-state index is 7.10. The number of para-hydroxylation sites is 3. The SMILES string of the molecule is CC(C)(C)c1cc(-c2cccc3c4cccc5c6ccc(Oc7[c-]c8c(cc7)-c7ccccc7-c7cccc9c7N8[CH-]N9c7c(-c8ccccc8)cccc7-c7ccccc7)[c-]c6n(c6ncccc6c6ccccc6c23)c45)cc(C(C)(C)C)c1.[Pt]. The second-order valence-electron chi connectivity index (χ2n) is 24.8. The first kappa shape index (κ1) is 53.2. The second kappa shape index (κ2) is 20.3. The molecule has 86 heavy (non-hydrogen) atoms. The molecule has 16 rings (SSSR count). The average molecular weight is 1290 g/mol. The van der Waals surface area contributed by atoms with Crippen LogP contribution in [0.3, 0.4) is 0 Å². The van der Waals surface area contributed by atoms with Crippen LogP contribution in [0.2, 0.25) is 0 Å². The summed E-state index contributed by atoms with van der Waals surface area (Å²) in [5.74, 6) is 1.15. The topological polar surface area (TPSA) is 33.0 Å². The number of rotatable bonds is 6. The molecule has 11 aromatic carbocycles. The Bertz CT molecular complexity index is 5020. The molecule has 2 aliphatic rings. The van der Waals surface area contributed by atoms with Gasteiger partial charge in [0.15, 0.2) is 0 Å². The van der Waals surface area contributed by atoms with Gasteiger partial charge in [0, 0.05) is 88.8 Å². The summed E-state index contributed by atoms with van der Waals surface area (Å²) in [6, 6.07) is 93.7. The molecule has 0 atom stereocenters. The fourth-order valence-corrected chi connectivity index (χ4v) is 13.4. The van der Waals surface area contributed by atoms with Gasteiger partial charge in [0.05, 0.1) is 0 Å². The maximum Gasteiger partial charge on any atom is 0.143 e. The number of anilines is 4. The number of benzene rings is 11. The Kier molecular flexibility index (Phi) is 12.6. The summed E-state index contributed by atoms with van der Waals surface area (Å²) < 4.78 is 9.43. The van der Waals surface area contributed by atoms with E-state index in [1.54, 1.807) is 0 Å². The van der Waals surface area contributed by atoms with Crippen LogP contribution >= 0.6 is 0 Å². The van der Waals surface area contributed by atoms with Crippen molar-refractivity contribution in [2.45, 2.75) is 52.4 Å². The fraction of sp³-hybridized carbons (Fsp3) is 0.100. The molecular weight excluding hydrogens is 1230 g/mol. The van der Waals surface area contributed by atoms with E-state index in [2.05, 4.69) is 311 Å². The summed E-state index contributed by atoms with van der Waals surface area (Å²) in [4.78, 5) is 10.0. The second-order valence-corrected chi connectivity index (χ2v) is 24.8. The van der Waals surface area contributed by atoms with Crippen LogP contribution in [0.1, 0.15) is 52.7 Å². The standard InChI is InChI=1S/C80H59N4O.Pt/c1-79(2,3)53-44-52(45-54(46-53)80(4,5)6)57-30-17-33-66-69-35-19-34-68-64-42-40-56(48-73(64)84(76(68)69)78-70(37-21-43-81-78)62-28-15-16-29-65(62)74(57)66)85-55-39-41-63-60-26-13-14-27-61(60)67-36-20-38-71-77(67)83(72(63)47-55)49-82(71)75-58(50-22-9-7-10-23-50)31-18-32-59(75)51-24-11-8-12-25-51;/h7-46,49H,1-6H3;/q-3;. The molecule has 6 heteroatoms. The molecule has 0 saturated carbocycles. The minimum atomic E-state index is -0.0525. The Hall–Kier alpha value is -9.54. The van der Waals surface area contributed by atoms with Crippen LogP contribution in [-0.2, 0) is 31.9 Å². The van der Waals surface area contributed by atoms with Crippen LogP contribution in [0.5, 0.6) is 11.5 Å². The van der Waals surface area contributed by atoms with E-state index in [4.69, 9.17) is 9.72 Å². The molecule has 0 amide bonds. The number of fused-ring (bicyclic) bond motifs is 15. The van der Waals surface area contributed by atoms with Crippen LogP contribution in [0.15, 0.2) is 243 Å². The zero-order valence-electron chi connectivity index (χ0n) is 48.7. The van der Waals surface area contributed by atoms with E-state index < -0.39 is 0 Å². The van der Waals surface area contributed by atoms with Gasteiger partial charge in [-0.2, -0.15) is 12.1 Å². The Morgan fingerprint density at radius 3 is 1.63 bits per heavy atom. The fourth-order valence-electron chi connectivity index (χ4n) is 13.4. The van der Waals surface area contributed by atoms with Gasteiger partial charge in [-0.25, -0.2) is 4.98 Å². The van der Waals surface area contributed by atoms with Gasteiger partial charge >= 0.3 is 0 Å². The van der Waals surface area contributed by atoms with Gasteiger partial charge in [-0.3, -0.25) is 0 Å². The summed E-state index contributed by atoms with van der Waals surface area (Å²) in [6.07, 6.45) is 1.91. The quantitative estimate of drug-likeness (QED) is 0.155. The van der Waals surface area contributed by atoms with Gasteiger partial charge in [0.1, 0.15) is 5.65 Å². The average Bonchev–Trinajstić information content (AvgIpc) is 1.65. The van der Waals surface area contributed by atoms with Crippen molar-refractivity contribution in [3.8, 4) is 67.1 Å². The molecule has 0 bridgehead atoms. The number of hydrogen-bond acceptors (Lipinski definition) is 4. The van der Waals surface area contributed by atoms with Crippen molar-refractivity contribution < 1.29 is 25.8 Å². The molecule has 0 radical (unpaired) electrons. The number of hydrogen-bond donors (Lipinski definition) is 0. The molecule has 0 aliphatic carbocycles. The maximum atomic E-state index is 7.10. The Balaban J connectivity index is 0.00000625. The third kappa shape index (κ3) is 8.50. The van der Waals surface area contributed by atoms with Crippen LogP contribution in [0.25, 0.3) is 115 Å². The van der Waals surface area contributed by atoms with Crippen molar-refractivity contribution in [1.82, 2.24) is 9.38 Å². The summed E-state index contributed by atoms with van der Waals surface area (Å²) in [5, 5.41) is 8.95. The van der Waals surface area contributed by atoms with Crippen molar-refractivity contribution in [1.29, 1.82) is 0 Å². The Morgan fingerprint density at radius 1 is 0.395 bits per heavy atom. The predicted molar refractivity (Wildman–Crippen MR) is 355 cm³/mol. The van der Waals surface area contributed by atoms with Gasteiger partial charge in [0.2, 0.25) is 0 Å². The molecule has 3 aromatic heterocycles. The van der Waals surface area contributed by atoms with Crippen molar-refractivity contribution in [2.24, 2.45) is 0 Å². The number of nitrogens with zero attached hydrogens (tertiary/aromatic N) is 4. The molecule has 0 spiro atoms. The summed E-state index contributed by atoms with van der Waals surface area (Å²) in [7, 11) is 0. The van der Waals surface area contributed by atoms with Crippen molar-refractivity contribution >= 4 is 82.5 Å². The summed E-state index contributed by atoms with van der Waals surface area (Å²) in [5.41, 5.74) is 21.0. The number of pyridine rings is 1. The zero-order valence-corrected chi connectivity index (χ0v) is 51.0. The van der Waals surface area contributed by atoms with Crippen LogP contribution in [-0.4, -0.2) is 9.38 Å². The molecule has 0 N–H and O–H groups in total. The third-order valence-corrected chi connectivity index (χ3v) is 17.5. The molecule has 0 unspecified atom stereocenters. The van der Waals surface area contributed by atoms with Crippen molar-refractivity contribution in [3.63, 3.8) is 0 Å². The number of aromatic nitrogens is 2. The van der Waals surface area contributed by atoms with Crippen LogP contribution in [0.4, 0.5) is 22.7 Å². The van der Waals surface area contributed by atoms with Gasteiger partial charge < -0.3 is 18.9 Å². The van der Waals surface area contributed by atoms with E-state index >= 15 is 0 Å². The van der Waals surface area contributed by atoms with Gasteiger partial charge in [-0.15, -0.1) is 41.9 Å². The molecule has 2 aliphatic heterocycles. The summed E-state index contributed by atoms with van der Waals surface area (Å²) in [6.45, 7) is 16.2. The first-order valence-electron chi connectivity index (χ1n) is 29.4. The largest absolute Gasteiger partial charge is 0.509 e. The Morgan fingerprint density at radius 2 is 0.919 bits per heavy atom. The molecule has 0 saturated heterocycles. The monoisotopic (exact) mass is 1290 g/mol. The normalized spacial score (nSPS) is 12.8. The molecule has 14 aromatic rings. The number of ether oxygens (including phenoxy) is 1. The first-order chi connectivity index (χ1) is 41.4. The summed E-state index contributed by atoms with van der Waals surface area (Å²) >= 11 is 0. The van der Waals surface area contributed by atoms with E-state index in [-0.39, 0.29) is 31.9 Å². The van der Waals surface area contributed by atoms with E-state index in [0.717, 1.165) is 122 Å². The van der Waals surface area contributed by atoms with Crippen molar-refractivity contribution in [3.05, 3.63) is 273 Å². The van der Waals surface area contributed by atoms with E-state index in [9.17, 15) is 0 Å². The van der Waals surface area contributed by atoms with E-state index in [1.807, 2.05) is 6.20 Å². The first-order valence-corrected chi connectivity index (χ1v) is 29.4. The van der Waals surface area contributed by atoms with E-state index in [0.29, 0.717) is 11.5 Å². The molecule has 5 nitrogen and oxygen atoms in total. The third-order valence-electron chi connectivity index (χ3n) is 17.5. The van der Waals surface area contributed by atoms with Gasteiger partial charge in [-0.05, 0) is 94.9 Å². The molecule has 0 fully saturated rings. The minimum absolute atomic E-state index is 0. The zero-order chi connectivity index (χ0) is 57.3. The van der Waals surface area contributed by atoms with Crippen LogP contribution in [0, 0.1) is 18.8 Å². The van der Waals surface area contributed by atoms with Gasteiger partial charge in [0.25, 0.3) is 0 Å². The van der Waals surface area contributed by atoms with Crippen LogP contribution < -0.4 is 14.5 Å². The minimum Gasteiger partial charge on any atom is -0.509 e. The van der Waals surface area contributed by atoms with Gasteiger partial charge in [-0.1, -0.05) is 252 Å². The molecular formula is C80H59N4OPt-3. The Labute approximate surface area is 516 Å². The van der Waals surface area contributed by atoms with Crippen molar-refractivity contribution in [2.75, 3.05) is 9.80 Å². The molecule has 418 valence electrons.